The SMILES string of the molecule is C/C=C/C1C(CC)OC(=O)C1C. The van der Waals surface area contributed by atoms with Gasteiger partial charge < -0.3 is 4.74 Å². The minimum Gasteiger partial charge on any atom is -0.462 e. The van der Waals surface area contributed by atoms with Gasteiger partial charge in [-0.2, -0.15) is 0 Å². The highest BCUT2D eigenvalue weighted by Gasteiger charge is 2.38. The smallest absolute Gasteiger partial charge is 0.309 e. The molecule has 2 heteroatoms. The number of hydrogen-bond donors (Lipinski definition) is 0. The Bertz CT molecular complexity index is 196. The molecule has 0 aliphatic carbocycles. The second-order valence-corrected chi connectivity index (χ2v) is 3.28. The van der Waals surface area contributed by atoms with E-state index in [0.29, 0.717) is 0 Å². The lowest BCUT2D eigenvalue weighted by molar-refractivity contribution is -0.144. The molecule has 2 nitrogen and oxygen atoms in total. The maximum atomic E-state index is 11.2. The van der Waals surface area contributed by atoms with E-state index in [2.05, 4.69) is 6.08 Å². The highest BCUT2D eigenvalue weighted by molar-refractivity contribution is 5.75. The summed E-state index contributed by atoms with van der Waals surface area (Å²) in [6.45, 7) is 5.96. The Morgan fingerprint density at radius 3 is 2.75 bits per heavy atom. The standard InChI is InChI=1S/C10H16O2/c1-4-6-8-7(3)10(11)12-9(8)5-2/h4,6-9H,5H2,1-3H3/b6-4+. The molecule has 3 atom stereocenters. The van der Waals surface area contributed by atoms with E-state index in [9.17, 15) is 4.79 Å². The lowest BCUT2D eigenvalue weighted by Crippen LogP contribution is -2.15. The fourth-order valence-corrected chi connectivity index (χ4v) is 1.68. The summed E-state index contributed by atoms with van der Waals surface area (Å²) in [6, 6.07) is 0. The van der Waals surface area contributed by atoms with Crippen molar-refractivity contribution in [2.24, 2.45) is 11.8 Å². The van der Waals surface area contributed by atoms with Crippen molar-refractivity contribution in [3.05, 3.63) is 12.2 Å². The third-order valence-corrected chi connectivity index (χ3v) is 2.46. The number of esters is 1. The fourth-order valence-electron chi connectivity index (χ4n) is 1.68. The lowest BCUT2D eigenvalue weighted by atomic mass is 9.90. The molecule has 1 saturated heterocycles. The van der Waals surface area contributed by atoms with Crippen molar-refractivity contribution >= 4 is 5.97 Å². The van der Waals surface area contributed by atoms with E-state index < -0.39 is 0 Å². The predicted octanol–water partition coefficient (Wildman–Crippen LogP) is 2.15. The maximum absolute atomic E-state index is 11.2. The molecule has 0 N–H and O–H groups in total. The van der Waals surface area contributed by atoms with E-state index in [0.717, 1.165) is 6.42 Å². The van der Waals surface area contributed by atoms with Gasteiger partial charge in [0.25, 0.3) is 0 Å². The van der Waals surface area contributed by atoms with Gasteiger partial charge in [-0.25, -0.2) is 0 Å². The number of allylic oxidation sites excluding steroid dienone is 1. The Kier molecular flexibility index (Phi) is 2.90. The topological polar surface area (TPSA) is 26.3 Å². The van der Waals surface area contributed by atoms with E-state index in [1.807, 2.05) is 26.8 Å². The molecule has 0 aromatic heterocycles. The molecule has 68 valence electrons. The van der Waals surface area contributed by atoms with Gasteiger partial charge in [0, 0.05) is 5.92 Å². The summed E-state index contributed by atoms with van der Waals surface area (Å²) in [5.41, 5.74) is 0. The van der Waals surface area contributed by atoms with Crippen LogP contribution in [-0.2, 0) is 9.53 Å². The quantitative estimate of drug-likeness (QED) is 0.466. The number of carbonyl (C=O) groups is 1. The summed E-state index contributed by atoms with van der Waals surface area (Å²) >= 11 is 0. The first-order chi connectivity index (χ1) is 5.70. The van der Waals surface area contributed by atoms with Crippen molar-refractivity contribution in [2.45, 2.75) is 33.3 Å². The lowest BCUT2D eigenvalue weighted by Gasteiger charge is -2.12. The highest BCUT2D eigenvalue weighted by atomic mass is 16.6. The van der Waals surface area contributed by atoms with E-state index in [4.69, 9.17) is 4.74 Å². The molecule has 0 saturated carbocycles. The second kappa shape index (κ2) is 3.74. The van der Waals surface area contributed by atoms with E-state index in [1.165, 1.54) is 0 Å². The first kappa shape index (κ1) is 9.30. The molecule has 1 aliphatic heterocycles. The van der Waals surface area contributed by atoms with Crippen LogP contribution in [0.2, 0.25) is 0 Å². The van der Waals surface area contributed by atoms with Crippen LogP contribution >= 0.6 is 0 Å². The summed E-state index contributed by atoms with van der Waals surface area (Å²) in [5, 5.41) is 0. The molecule has 1 heterocycles. The van der Waals surface area contributed by atoms with E-state index in [1.54, 1.807) is 0 Å². The number of rotatable bonds is 2. The maximum Gasteiger partial charge on any atom is 0.309 e. The van der Waals surface area contributed by atoms with Crippen molar-refractivity contribution in [3.8, 4) is 0 Å². The molecule has 0 amide bonds. The minimum absolute atomic E-state index is 0.0335. The molecule has 1 rings (SSSR count). The van der Waals surface area contributed by atoms with Crippen LogP contribution in [-0.4, -0.2) is 12.1 Å². The molecule has 0 bridgehead atoms. The Balaban J connectivity index is 2.73. The van der Waals surface area contributed by atoms with Crippen molar-refractivity contribution in [1.82, 2.24) is 0 Å². The van der Waals surface area contributed by atoms with Gasteiger partial charge in [-0.05, 0) is 13.3 Å². The summed E-state index contributed by atoms with van der Waals surface area (Å²) in [7, 11) is 0. The van der Waals surface area contributed by atoms with Gasteiger partial charge in [-0.3, -0.25) is 4.79 Å². The Hall–Kier alpha value is -0.790. The number of carbonyl (C=O) groups excluding carboxylic acids is 1. The number of cyclic esters (lactones) is 1. The van der Waals surface area contributed by atoms with Gasteiger partial charge >= 0.3 is 5.97 Å². The van der Waals surface area contributed by atoms with Crippen LogP contribution in [0.1, 0.15) is 27.2 Å². The Morgan fingerprint density at radius 1 is 1.58 bits per heavy atom. The molecular weight excluding hydrogens is 152 g/mol. The van der Waals surface area contributed by atoms with Crippen LogP contribution in [0.5, 0.6) is 0 Å². The van der Waals surface area contributed by atoms with Crippen LogP contribution in [0.3, 0.4) is 0 Å². The van der Waals surface area contributed by atoms with Crippen molar-refractivity contribution in [2.75, 3.05) is 0 Å². The molecule has 0 radical (unpaired) electrons. The van der Waals surface area contributed by atoms with Crippen LogP contribution in [0.15, 0.2) is 12.2 Å². The number of ether oxygens (including phenoxy) is 1. The molecule has 0 spiro atoms. The summed E-state index contributed by atoms with van der Waals surface area (Å²) < 4.78 is 5.20. The summed E-state index contributed by atoms with van der Waals surface area (Å²) in [4.78, 5) is 11.2. The summed E-state index contributed by atoms with van der Waals surface area (Å²) in [6.07, 6.45) is 5.07. The second-order valence-electron chi connectivity index (χ2n) is 3.28. The van der Waals surface area contributed by atoms with Crippen LogP contribution in [0.4, 0.5) is 0 Å². The van der Waals surface area contributed by atoms with Gasteiger partial charge in [-0.1, -0.05) is 26.0 Å². The molecule has 3 unspecified atom stereocenters. The molecule has 1 aliphatic rings. The average Bonchev–Trinajstić information content (AvgIpc) is 2.33. The van der Waals surface area contributed by atoms with Gasteiger partial charge in [-0.15, -0.1) is 0 Å². The molecular formula is C10H16O2. The Labute approximate surface area is 73.6 Å². The predicted molar refractivity (Wildman–Crippen MR) is 47.6 cm³/mol. The zero-order valence-corrected chi connectivity index (χ0v) is 7.91. The van der Waals surface area contributed by atoms with Crippen LogP contribution < -0.4 is 0 Å². The first-order valence-corrected chi connectivity index (χ1v) is 4.54. The van der Waals surface area contributed by atoms with Crippen LogP contribution in [0, 0.1) is 11.8 Å². The zero-order valence-electron chi connectivity index (χ0n) is 7.91. The highest BCUT2D eigenvalue weighted by Crippen LogP contribution is 2.30. The van der Waals surface area contributed by atoms with E-state index >= 15 is 0 Å². The molecule has 12 heavy (non-hydrogen) atoms. The van der Waals surface area contributed by atoms with Crippen LogP contribution in [0.25, 0.3) is 0 Å². The van der Waals surface area contributed by atoms with Crippen molar-refractivity contribution in [1.29, 1.82) is 0 Å². The third-order valence-electron chi connectivity index (χ3n) is 2.46. The molecule has 1 fully saturated rings. The third kappa shape index (κ3) is 1.52. The largest absolute Gasteiger partial charge is 0.462 e. The number of hydrogen-bond acceptors (Lipinski definition) is 2. The normalized spacial score (nSPS) is 35.9. The van der Waals surface area contributed by atoms with Gasteiger partial charge in [0.1, 0.15) is 6.10 Å². The fraction of sp³-hybridized carbons (Fsp3) is 0.700. The zero-order chi connectivity index (χ0) is 9.14. The molecule has 0 aromatic carbocycles. The Morgan fingerprint density at radius 2 is 2.25 bits per heavy atom. The average molecular weight is 168 g/mol. The van der Waals surface area contributed by atoms with Gasteiger partial charge in [0.15, 0.2) is 0 Å². The van der Waals surface area contributed by atoms with Crippen molar-refractivity contribution < 1.29 is 9.53 Å². The van der Waals surface area contributed by atoms with Gasteiger partial charge in [0.05, 0.1) is 5.92 Å². The first-order valence-electron chi connectivity index (χ1n) is 4.54. The van der Waals surface area contributed by atoms with Gasteiger partial charge in [0.2, 0.25) is 0 Å². The minimum atomic E-state index is -0.0510. The van der Waals surface area contributed by atoms with E-state index in [-0.39, 0.29) is 23.9 Å². The monoisotopic (exact) mass is 168 g/mol. The van der Waals surface area contributed by atoms with Crippen molar-refractivity contribution in [3.63, 3.8) is 0 Å². The molecule has 0 aromatic rings. The summed E-state index contributed by atoms with van der Waals surface area (Å²) in [5.74, 6) is 0.267.